The highest BCUT2D eigenvalue weighted by molar-refractivity contribution is 6.31. The number of nitrogens with two attached hydrogens (primary N) is 2. The predicted octanol–water partition coefficient (Wildman–Crippen LogP) is 5.26. The summed E-state index contributed by atoms with van der Waals surface area (Å²) in [6.07, 6.45) is 3.44. The van der Waals surface area contributed by atoms with Crippen LogP contribution in [0.3, 0.4) is 0 Å². The predicted molar refractivity (Wildman–Crippen MR) is 126 cm³/mol. The normalized spacial score (nSPS) is 10.6. The third-order valence-corrected chi connectivity index (χ3v) is 5.20. The van der Waals surface area contributed by atoms with Crippen molar-refractivity contribution in [3.63, 3.8) is 0 Å². The molecule has 0 saturated carbocycles. The van der Waals surface area contributed by atoms with Crippen molar-refractivity contribution >= 4 is 34.6 Å². The van der Waals surface area contributed by atoms with E-state index in [1.807, 2.05) is 64.3 Å². The molecule has 0 fully saturated rings. The molecule has 2 heterocycles. The quantitative estimate of drug-likeness (QED) is 0.442. The van der Waals surface area contributed by atoms with Gasteiger partial charge in [0.2, 0.25) is 0 Å². The van der Waals surface area contributed by atoms with Crippen molar-refractivity contribution in [2.75, 3.05) is 11.5 Å². The number of nitrogens with zero attached hydrogens (tertiary/aromatic N) is 4. The second-order valence-electron chi connectivity index (χ2n) is 7.10. The van der Waals surface area contributed by atoms with Gasteiger partial charge in [-0.05, 0) is 49.2 Å². The highest BCUT2D eigenvalue weighted by atomic mass is 35.5. The number of nitrogen functional groups attached to an aromatic ring is 2. The minimum Gasteiger partial charge on any atom is -0.396 e. The van der Waals surface area contributed by atoms with E-state index in [2.05, 4.69) is 10.2 Å². The lowest BCUT2D eigenvalue weighted by Crippen LogP contribution is -1.97. The molecule has 4 aromatic rings. The second-order valence-corrected chi connectivity index (χ2v) is 7.97. The maximum absolute atomic E-state index is 5.97. The van der Waals surface area contributed by atoms with E-state index in [1.54, 1.807) is 21.8 Å². The molecule has 2 aromatic carbocycles. The van der Waals surface area contributed by atoms with Gasteiger partial charge in [0.05, 0.1) is 23.3 Å². The van der Waals surface area contributed by atoms with Gasteiger partial charge in [-0.2, -0.15) is 10.2 Å². The number of anilines is 2. The smallest absolute Gasteiger partial charge is 0.116 e. The van der Waals surface area contributed by atoms with Crippen molar-refractivity contribution in [1.29, 1.82) is 0 Å². The Morgan fingerprint density at radius 3 is 1.90 bits per heavy atom. The number of hydrogen-bond acceptors (Lipinski definition) is 4. The number of hydrogen-bond donors (Lipinski definition) is 2. The van der Waals surface area contributed by atoms with E-state index in [4.69, 9.17) is 34.7 Å². The molecule has 0 radical (unpaired) electrons. The Morgan fingerprint density at radius 1 is 0.833 bits per heavy atom. The molecule has 156 valence electrons. The SMILES string of the molecule is Cc1ccc(Cl)cc1-c1c(N)cnn1C.Cc1ccc(Cl)cc1-c1nn(C)cc1N. The van der Waals surface area contributed by atoms with Gasteiger partial charge in [-0.1, -0.05) is 35.3 Å². The largest absolute Gasteiger partial charge is 0.396 e. The number of aromatic nitrogens is 4. The van der Waals surface area contributed by atoms with Gasteiger partial charge in [-0.3, -0.25) is 9.36 Å². The lowest BCUT2D eigenvalue weighted by molar-refractivity contribution is 0.771. The van der Waals surface area contributed by atoms with Crippen LogP contribution < -0.4 is 11.5 Å². The van der Waals surface area contributed by atoms with E-state index in [0.29, 0.717) is 21.4 Å². The molecule has 0 saturated heterocycles. The summed E-state index contributed by atoms with van der Waals surface area (Å²) in [5.41, 5.74) is 19.0. The summed E-state index contributed by atoms with van der Waals surface area (Å²) in [5.74, 6) is 0. The molecule has 4 N–H and O–H groups in total. The molecule has 2 aromatic heterocycles. The first-order chi connectivity index (χ1) is 14.2. The van der Waals surface area contributed by atoms with Gasteiger partial charge in [0.15, 0.2) is 0 Å². The highest BCUT2D eigenvalue weighted by Crippen LogP contribution is 2.30. The number of aryl methyl sites for hydroxylation is 4. The first-order valence-electron chi connectivity index (χ1n) is 9.27. The van der Waals surface area contributed by atoms with Crippen molar-refractivity contribution in [1.82, 2.24) is 19.6 Å². The summed E-state index contributed by atoms with van der Waals surface area (Å²) in [6, 6.07) is 11.5. The van der Waals surface area contributed by atoms with Crippen LogP contribution in [0.2, 0.25) is 10.0 Å². The minimum atomic E-state index is 0.669. The molecule has 0 atom stereocenters. The van der Waals surface area contributed by atoms with E-state index in [0.717, 1.165) is 33.6 Å². The molecule has 0 unspecified atom stereocenters. The van der Waals surface area contributed by atoms with Crippen molar-refractivity contribution in [2.45, 2.75) is 13.8 Å². The highest BCUT2D eigenvalue weighted by Gasteiger charge is 2.11. The molecule has 0 aliphatic heterocycles. The van der Waals surface area contributed by atoms with Gasteiger partial charge in [-0.25, -0.2) is 0 Å². The van der Waals surface area contributed by atoms with Gasteiger partial charge < -0.3 is 11.5 Å². The van der Waals surface area contributed by atoms with Gasteiger partial charge in [0.1, 0.15) is 5.69 Å². The molecule has 0 bridgehead atoms. The van der Waals surface area contributed by atoms with Crippen molar-refractivity contribution in [3.05, 3.63) is 70.0 Å². The summed E-state index contributed by atoms with van der Waals surface area (Å²) in [5, 5.41) is 9.83. The lowest BCUT2D eigenvalue weighted by atomic mass is 10.1. The third-order valence-electron chi connectivity index (χ3n) is 4.73. The van der Waals surface area contributed by atoms with E-state index in [-0.39, 0.29) is 0 Å². The topological polar surface area (TPSA) is 87.7 Å². The van der Waals surface area contributed by atoms with Crippen molar-refractivity contribution < 1.29 is 0 Å². The van der Waals surface area contributed by atoms with Crippen molar-refractivity contribution in [2.24, 2.45) is 14.1 Å². The Hall–Kier alpha value is -2.96. The molecular formula is C22H24Cl2N6. The van der Waals surface area contributed by atoms with Gasteiger partial charge in [0.25, 0.3) is 0 Å². The number of benzene rings is 2. The van der Waals surface area contributed by atoms with E-state index < -0.39 is 0 Å². The van der Waals surface area contributed by atoms with Crippen molar-refractivity contribution in [3.8, 4) is 22.5 Å². The molecule has 4 rings (SSSR count). The first kappa shape index (κ1) is 21.7. The van der Waals surface area contributed by atoms with Crippen LogP contribution in [0.1, 0.15) is 11.1 Å². The maximum atomic E-state index is 5.97. The van der Waals surface area contributed by atoms with Crippen LogP contribution in [0.15, 0.2) is 48.8 Å². The average molecular weight is 443 g/mol. The monoisotopic (exact) mass is 442 g/mol. The van der Waals surface area contributed by atoms with E-state index >= 15 is 0 Å². The van der Waals surface area contributed by atoms with E-state index in [9.17, 15) is 0 Å². The summed E-state index contributed by atoms with van der Waals surface area (Å²) < 4.78 is 3.46. The first-order valence-corrected chi connectivity index (χ1v) is 10.0. The molecule has 0 amide bonds. The molecular weight excluding hydrogens is 419 g/mol. The standard InChI is InChI=1S/2C11H12ClN3/c1-7-3-4-8(12)5-9(7)11-10(13)6-15(2)14-11;1-7-3-4-8(12)5-9(7)11-10(13)6-14-15(11)2/h2*3-6H,13H2,1-2H3. The number of halogens is 2. The fraction of sp³-hybridized carbons (Fsp3) is 0.182. The van der Waals surface area contributed by atoms with E-state index in [1.165, 1.54) is 0 Å². The number of rotatable bonds is 2. The summed E-state index contributed by atoms with van der Waals surface area (Å²) in [7, 11) is 3.71. The fourth-order valence-electron chi connectivity index (χ4n) is 3.20. The molecule has 0 aliphatic rings. The van der Waals surface area contributed by atoms with Crippen LogP contribution >= 0.6 is 23.2 Å². The summed E-state index contributed by atoms with van der Waals surface area (Å²) in [4.78, 5) is 0. The van der Waals surface area contributed by atoms with Crippen LogP contribution in [0.25, 0.3) is 22.5 Å². The van der Waals surface area contributed by atoms with Crippen LogP contribution in [-0.4, -0.2) is 19.6 Å². The van der Waals surface area contributed by atoms with Crippen LogP contribution in [0.5, 0.6) is 0 Å². The van der Waals surface area contributed by atoms with Crippen LogP contribution in [0, 0.1) is 13.8 Å². The Morgan fingerprint density at radius 2 is 1.40 bits per heavy atom. The van der Waals surface area contributed by atoms with Gasteiger partial charge in [0, 0.05) is 41.5 Å². The molecule has 8 heteroatoms. The Balaban J connectivity index is 0.000000171. The Kier molecular flexibility index (Phi) is 6.39. The zero-order valence-corrected chi connectivity index (χ0v) is 18.8. The van der Waals surface area contributed by atoms with Gasteiger partial charge >= 0.3 is 0 Å². The summed E-state index contributed by atoms with van der Waals surface area (Å²) in [6.45, 7) is 4.04. The molecule has 0 spiro atoms. The molecule has 0 aliphatic carbocycles. The van der Waals surface area contributed by atoms with Crippen LogP contribution in [0.4, 0.5) is 11.4 Å². The van der Waals surface area contributed by atoms with Crippen LogP contribution in [-0.2, 0) is 14.1 Å². The molecule has 30 heavy (non-hydrogen) atoms. The Bertz CT molecular complexity index is 1170. The summed E-state index contributed by atoms with van der Waals surface area (Å²) >= 11 is 11.9. The second kappa shape index (κ2) is 8.81. The Labute approximate surface area is 186 Å². The zero-order chi connectivity index (χ0) is 22.0. The third kappa shape index (κ3) is 4.61. The minimum absolute atomic E-state index is 0.669. The average Bonchev–Trinajstić information content (AvgIpc) is 3.20. The zero-order valence-electron chi connectivity index (χ0n) is 17.3. The molecule has 6 nitrogen and oxygen atoms in total. The lowest BCUT2D eigenvalue weighted by Gasteiger charge is -2.07. The van der Waals surface area contributed by atoms with Gasteiger partial charge in [-0.15, -0.1) is 0 Å². The maximum Gasteiger partial charge on any atom is 0.116 e. The fourth-order valence-corrected chi connectivity index (χ4v) is 3.54.